The topological polar surface area (TPSA) is 261 Å². The highest BCUT2D eigenvalue weighted by atomic mass is 32.5. The van der Waals surface area contributed by atoms with Gasteiger partial charge in [0.25, 0.3) is 5.56 Å². The van der Waals surface area contributed by atoms with Gasteiger partial charge in [-0.1, -0.05) is 0 Å². The monoisotopic (exact) mass is 700 g/mol. The molecule has 3 radical (unpaired) electrons. The first-order valence-corrected chi connectivity index (χ1v) is 17.6. The predicted molar refractivity (Wildman–Crippen MR) is 157 cm³/mol. The molecule has 3 fully saturated rings. The van der Waals surface area contributed by atoms with Crippen molar-refractivity contribution >= 4 is 67.7 Å². The zero-order chi connectivity index (χ0) is 32.5. The van der Waals surface area contributed by atoms with E-state index in [-0.39, 0.29) is 34.1 Å². The standard InChI is InChI=1S/C21H24BFN10O10P2S/c1-37-13-8-2-38-44(22,35)42-12-7(40-19(9(12)23)32-5-28-10-15(24)26-4-27-16(10)32)3-39-45(36,46)43-14(13)20(41-8)33-6-29-11-17(33)30-21(25)31-18(11)34/h4-9,12-14,19-20H,2-3H2,1H3,(H,36,46)(H2,24,26,27)(H3,25,30,31,34)/q-1/t7?,8?,9?,12?,13?,14?,19?,20?,44-,45?/m1/s1. The van der Waals surface area contributed by atoms with Crippen LogP contribution in [0.15, 0.2) is 23.8 Å². The van der Waals surface area contributed by atoms with Gasteiger partial charge in [-0.25, -0.2) is 24.3 Å². The maximum absolute atomic E-state index is 16.1. The number of methoxy groups -OCH3 is 1. The van der Waals surface area contributed by atoms with Gasteiger partial charge in [-0.15, -0.1) is 0 Å². The van der Waals surface area contributed by atoms with E-state index in [4.69, 9.17) is 63.1 Å². The summed E-state index contributed by atoms with van der Waals surface area (Å²) in [5.41, 5.74) is 11.3. The summed E-state index contributed by atoms with van der Waals surface area (Å²) in [7, 11) is 2.69. The van der Waals surface area contributed by atoms with E-state index in [1.165, 1.54) is 35.2 Å². The molecule has 7 heterocycles. The highest BCUT2D eigenvalue weighted by Crippen LogP contribution is 2.54. The summed E-state index contributed by atoms with van der Waals surface area (Å²) in [5, 5.41) is 0. The quantitative estimate of drug-likeness (QED) is 0.156. The summed E-state index contributed by atoms with van der Waals surface area (Å²) in [6.45, 7) is -5.36. The summed E-state index contributed by atoms with van der Waals surface area (Å²) in [4.78, 5) is 46.2. The van der Waals surface area contributed by atoms with Gasteiger partial charge in [-0.05, 0) is 11.8 Å². The van der Waals surface area contributed by atoms with Crippen LogP contribution in [-0.4, -0.2) is 109 Å². The molecule has 20 nitrogen and oxygen atoms in total. The Morgan fingerprint density at radius 1 is 1.04 bits per heavy atom. The predicted octanol–water partition coefficient (Wildman–Crippen LogP) is -0.418. The maximum atomic E-state index is 16.1. The summed E-state index contributed by atoms with van der Waals surface area (Å²) in [5.74, 6) is -0.149. The highest BCUT2D eigenvalue weighted by Gasteiger charge is 2.52. The average Bonchev–Trinajstić information content (AvgIpc) is 3.75. The van der Waals surface area contributed by atoms with Crippen LogP contribution in [0.4, 0.5) is 16.2 Å². The van der Waals surface area contributed by atoms with E-state index in [2.05, 4.69) is 29.9 Å². The molecule has 3 saturated heterocycles. The Bertz CT molecular complexity index is 1970. The van der Waals surface area contributed by atoms with Gasteiger partial charge in [0.2, 0.25) is 5.95 Å². The second kappa shape index (κ2) is 11.6. The molecule has 6 N–H and O–H groups in total. The fourth-order valence-corrected chi connectivity index (χ4v) is 7.97. The number of hydrogen-bond donors (Lipinski definition) is 4. The molecular formula is C21H24BFN10O10P2S-. The Labute approximate surface area is 263 Å². The second-order valence-electron chi connectivity index (χ2n) is 10.4. The Hall–Kier alpha value is -2.95. The van der Waals surface area contributed by atoms with Crippen molar-refractivity contribution < 1.29 is 46.2 Å². The van der Waals surface area contributed by atoms with E-state index in [0.717, 1.165) is 0 Å². The third-order valence-electron chi connectivity index (χ3n) is 7.55. The van der Waals surface area contributed by atoms with Gasteiger partial charge in [0, 0.05) is 7.11 Å². The lowest BCUT2D eigenvalue weighted by molar-refractivity contribution is -0.0592. The Balaban J connectivity index is 1.22. The molecule has 4 aromatic rings. The number of halogens is 1. The molecule has 245 valence electrons. The first kappa shape index (κ1) is 31.6. The molecule has 0 spiro atoms. The minimum atomic E-state index is -4.55. The number of nitrogens with two attached hydrogens (primary N) is 2. The number of nitrogens with one attached hydrogen (secondary N) is 1. The number of aromatic amines is 1. The first-order valence-electron chi connectivity index (χ1n) is 13.4. The fourth-order valence-electron chi connectivity index (χ4n) is 5.56. The number of aromatic nitrogens is 8. The zero-order valence-corrected chi connectivity index (χ0v) is 26.0. The van der Waals surface area contributed by atoms with Crippen molar-refractivity contribution in [2.75, 3.05) is 31.8 Å². The van der Waals surface area contributed by atoms with Crippen molar-refractivity contribution in [3.8, 4) is 0 Å². The molecule has 25 heteroatoms. The summed E-state index contributed by atoms with van der Waals surface area (Å²) >= 11 is 5.31. The summed E-state index contributed by atoms with van der Waals surface area (Å²) in [6, 6.07) is 0. The Morgan fingerprint density at radius 2 is 1.74 bits per heavy atom. The van der Waals surface area contributed by atoms with Crippen molar-refractivity contribution in [1.82, 2.24) is 39.0 Å². The summed E-state index contributed by atoms with van der Waals surface area (Å²) in [6.07, 6.45) is -7.46. The number of anilines is 2. The maximum Gasteiger partial charge on any atom is 0.325 e. The van der Waals surface area contributed by atoms with Gasteiger partial charge >= 0.3 is 6.72 Å². The number of H-pyrrole nitrogens is 1. The SMILES string of the molecule is [B-][P@@]1(=O)OCC2OC(n3cnc4c(=O)[nH]c(N)nc43)C(OP(O)(=S)OCC3OC(n4cnc5c(N)ncnc54)C(F)C3O1)C2OC. The molecule has 0 amide bonds. The smallest absolute Gasteiger partial charge is 0.325 e. The third kappa shape index (κ3) is 5.54. The van der Waals surface area contributed by atoms with E-state index < -0.39 is 82.1 Å². The van der Waals surface area contributed by atoms with Gasteiger partial charge in [0.05, 0.1) is 33.3 Å². The molecule has 4 aromatic heterocycles. The van der Waals surface area contributed by atoms with Gasteiger partial charge in [-0.2, -0.15) is 4.98 Å². The molecule has 3 aliphatic heterocycles. The zero-order valence-electron chi connectivity index (χ0n) is 23.4. The van der Waals surface area contributed by atoms with Crippen molar-refractivity contribution in [2.45, 2.75) is 49.1 Å². The van der Waals surface area contributed by atoms with Gasteiger partial charge in [0.15, 0.2) is 41.3 Å². The number of rotatable bonds is 3. The lowest BCUT2D eigenvalue weighted by Crippen LogP contribution is -2.37. The molecule has 10 atom stereocenters. The van der Waals surface area contributed by atoms with Gasteiger partial charge in [-0.3, -0.25) is 23.4 Å². The molecule has 0 aromatic carbocycles. The number of alkyl halides is 1. The minimum absolute atomic E-state index is 0.0126. The van der Waals surface area contributed by atoms with Crippen LogP contribution < -0.4 is 17.0 Å². The largest absolute Gasteiger partial charge is 0.444 e. The number of ether oxygens (including phenoxy) is 3. The second-order valence-corrected chi connectivity index (χ2v) is 14.7. The Morgan fingerprint density at radius 3 is 2.50 bits per heavy atom. The summed E-state index contributed by atoms with van der Waals surface area (Å²) < 4.78 is 72.1. The normalized spacial score (nSPS) is 37.1. The number of hydrogen-bond acceptors (Lipinski definition) is 17. The van der Waals surface area contributed by atoms with Crippen LogP contribution in [0.2, 0.25) is 0 Å². The van der Waals surface area contributed by atoms with Crippen molar-refractivity contribution in [3.05, 3.63) is 29.3 Å². The highest BCUT2D eigenvalue weighted by molar-refractivity contribution is 8.07. The minimum Gasteiger partial charge on any atom is -0.444 e. The van der Waals surface area contributed by atoms with Crippen LogP contribution in [0.25, 0.3) is 22.3 Å². The molecule has 0 aliphatic carbocycles. The van der Waals surface area contributed by atoms with Crippen LogP contribution in [-0.2, 0) is 48.7 Å². The van der Waals surface area contributed by atoms with Crippen LogP contribution in [0.3, 0.4) is 0 Å². The molecule has 9 unspecified atom stereocenters. The van der Waals surface area contributed by atoms with E-state index in [9.17, 15) is 14.3 Å². The van der Waals surface area contributed by atoms with Crippen molar-refractivity contribution in [3.63, 3.8) is 0 Å². The molecule has 7 rings (SSSR count). The van der Waals surface area contributed by atoms with Crippen LogP contribution >= 0.6 is 14.2 Å². The van der Waals surface area contributed by atoms with Gasteiger partial charge < -0.3 is 56.3 Å². The van der Waals surface area contributed by atoms with E-state index in [1.807, 2.05) is 0 Å². The molecule has 3 aliphatic rings. The lowest BCUT2D eigenvalue weighted by atomic mass is 10.1. The number of imidazole rings is 2. The van der Waals surface area contributed by atoms with Crippen molar-refractivity contribution in [1.29, 1.82) is 0 Å². The molecule has 46 heavy (non-hydrogen) atoms. The average molecular weight is 700 g/mol. The first-order chi connectivity index (χ1) is 21.9. The number of nitrogens with zero attached hydrogens (tertiary/aromatic N) is 7. The van der Waals surface area contributed by atoms with Crippen molar-refractivity contribution in [2.24, 2.45) is 0 Å². The number of nitrogen functional groups attached to an aromatic ring is 2. The van der Waals surface area contributed by atoms with E-state index >= 15 is 4.39 Å². The van der Waals surface area contributed by atoms with E-state index in [1.54, 1.807) is 0 Å². The fraction of sp³-hybridized carbons (Fsp3) is 0.524. The Kier molecular flexibility index (Phi) is 8.00. The van der Waals surface area contributed by atoms with E-state index in [0.29, 0.717) is 0 Å². The molecule has 2 bridgehead atoms. The molecular weight excluding hydrogens is 676 g/mol. The lowest BCUT2D eigenvalue weighted by Gasteiger charge is -2.33. The number of fused-ring (bicyclic) bond motifs is 5. The van der Waals surface area contributed by atoms with Crippen LogP contribution in [0, 0.1) is 0 Å². The molecule has 0 saturated carbocycles. The third-order valence-corrected chi connectivity index (χ3v) is 10.2. The van der Waals surface area contributed by atoms with Crippen LogP contribution in [0.1, 0.15) is 12.5 Å². The van der Waals surface area contributed by atoms with Crippen LogP contribution in [0.5, 0.6) is 0 Å². The van der Waals surface area contributed by atoms with Gasteiger partial charge in [0.1, 0.15) is 42.4 Å².